The molecule has 1 aliphatic carbocycles. The number of nitrogens with zero attached hydrogens (tertiary/aromatic N) is 1. The van der Waals surface area contributed by atoms with Crippen molar-refractivity contribution in [1.29, 1.82) is 0 Å². The second kappa shape index (κ2) is 11.4. The Bertz CT molecular complexity index is 883. The van der Waals surface area contributed by atoms with Gasteiger partial charge >= 0.3 is 0 Å². The van der Waals surface area contributed by atoms with Gasteiger partial charge in [0.2, 0.25) is 5.91 Å². The monoisotopic (exact) mass is 462 g/mol. The van der Waals surface area contributed by atoms with Crippen LogP contribution in [-0.4, -0.2) is 35.4 Å². The predicted octanol–water partition coefficient (Wildman–Crippen LogP) is 5.24. The third-order valence-electron chi connectivity index (χ3n) is 5.56. The van der Waals surface area contributed by atoms with Crippen molar-refractivity contribution in [3.05, 3.63) is 64.1 Å². The number of carbonyl (C=O) groups is 2. The van der Waals surface area contributed by atoms with E-state index in [9.17, 15) is 9.59 Å². The molecule has 0 radical (unpaired) electrons. The number of benzene rings is 2. The number of hydrogen-bond donors (Lipinski definition) is 1. The summed E-state index contributed by atoms with van der Waals surface area (Å²) in [5.41, 5.74) is 0.788. The lowest BCUT2D eigenvalue weighted by atomic mass is 10.1. The van der Waals surface area contributed by atoms with Gasteiger partial charge in [-0.25, -0.2) is 0 Å². The summed E-state index contributed by atoms with van der Waals surface area (Å²) >= 11 is 12.3. The molecule has 0 aliphatic heterocycles. The maximum atomic E-state index is 13.2. The molecule has 0 spiro atoms. The predicted molar refractivity (Wildman–Crippen MR) is 123 cm³/mol. The van der Waals surface area contributed by atoms with E-state index in [1.807, 2.05) is 25.1 Å². The van der Waals surface area contributed by atoms with Gasteiger partial charge in [0.15, 0.2) is 6.61 Å². The van der Waals surface area contributed by atoms with Gasteiger partial charge in [0, 0.05) is 22.6 Å². The molecule has 0 saturated heterocycles. The highest BCUT2D eigenvalue weighted by molar-refractivity contribution is 6.31. The Kier molecular flexibility index (Phi) is 8.61. The molecule has 1 saturated carbocycles. The van der Waals surface area contributed by atoms with Crippen molar-refractivity contribution >= 4 is 35.0 Å². The normalized spacial score (nSPS) is 14.8. The Morgan fingerprint density at radius 3 is 2.42 bits per heavy atom. The highest BCUT2D eigenvalue weighted by Crippen LogP contribution is 2.22. The molecule has 2 aromatic carbocycles. The Hall–Kier alpha value is -2.24. The standard InChI is InChI=1S/C24H28Cl2N2O3/c1-2-22(24(30)27-19-8-4-5-9-19)28(15-17-7-3-6-10-21(17)26)23(29)16-31-20-13-11-18(25)12-14-20/h3,6-7,10-14,19,22H,2,4-5,8-9,15-16H2,1H3,(H,27,30). The van der Waals surface area contributed by atoms with Gasteiger partial charge in [-0.2, -0.15) is 0 Å². The fraction of sp³-hybridized carbons (Fsp3) is 0.417. The van der Waals surface area contributed by atoms with Crippen LogP contribution in [0.25, 0.3) is 0 Å². The highest BCUT2D eigenvalue weighted by Gasteiger charge is 2.31. The van der Waals surface area contributed by atoms with Crippen LogP contribution in [-0.2, 0) is 16.1 Å². The smallest absolute Gasteiger partial charge is 0.261 e. The van der Waals surface area contributed by atoms with Crippen molar-refractivity contribution < 1.29 is 14.3 Å². The van der Waals surface area contributed by atoms with Gasteiger partial charge in [-0.3, -0.25) is 9.59 Å². The number of halogens is 2. The van der Waals surface area contributed by atoms with Crippen LogP contribution in [0.3, 0.4) is 0 Å². The van der Waals surface area contributed by atoms with Gasteiger partial charge in [-0.1, -0.05) is 61.2 Å². The number of ether oxygens (including phenoxy) is 1. The molecule has 2 aromatic rings. The minimum atomic E-state index is -0.599. The molecule has 0 bridgehead atoms. The summed E-state index contributed by atoms with van der Waals surface area (Å²) in [6, 6.07) is 13.8. The van der Waals surface area contributed by atoms with Crippen molar-refractivity contribution in [2.24, 2.45) is 0 Å². The summed E-state index contributed by atoms with van der Waals surface area (Å²) in [6.07, 6.45) is 4.72. The fourth-order valence-electron chi connectivity index (χ4n) is 3.86. The molecule has 0 heterocycles. The Labute approximate surface area is 193 Å². The molecule has 1 N–H and O–H groups in total. The van der Waals surface area contributed by atoms with Gasteiger partial charge < -0.3 is 15.0 Å². The molecule has 1 aliphatic rings. The van der Waals surface area contributed by atoms with E-state index >= 15 is 0 Å². The van der Waals surface area contributed by atoms with E-state index < -0.39 is 6.04 Å². The van der Waals surface area contributed by atoms with Crippen molar-refractivity contribution in [3.8, 4) is 5.75 Å². The van der Waals surface area contributed by atoms with Crippen LogP contribution in [0.4, 0.5) is 0 Å². The van der Waals surface area contributed by atoms with E-state index in [-0.39, 0.29) is 31.0 Å². The number of carbonyl (C=O) groups excluding carboxylic acids is 2. The largest absolute Gasteiger partial charge is 0.484 e. The van der Waals surface area contributed by atoms with Gasteiger partial charge in [0.1, 0.15) is 11.8 Å². The zero-order valence-electron chi connectivity index (χ0n) is 17.7. The Balaban J connectivity index is 1.76. The molecule has 3 rings (SSSR count). The maximum Gasteiger partial charge on any atom is 0.261 e. The Morgan fingerprint density at radius 1 is 1.10 bits per heavy atom. The second-order valence-electron chi connectivity index (χ2n) is 7.77. The topological polar surface area (TPSA) is 58.6 Å². The van der Waals surface area contributed by atoms with Crippen molar-refractivity contribution in [2.45, 2.75) is 57.7 Å². The third kappa shape index (κ3) is 6.62. The minimum Gasteiger partial charge on any atom is -0.484 e. The molecule has 2 amide bonds. The van der Waals surface area contributed by atoms with Crippen LogP contribution in [0.1, 0.15) is 44.6 Å². The van der Waals surface area contributed by atoms with Crippen LogP contribution < -0.4 is 10.1 Å². The number of rotatable bonds is 9. The lowest BCUT2D eigenvalue weighted by Crippen LogP contribution is -2.52. The van der Waals surface area contributed by atoms with Crippen molar-refractivity contribution in [3.63, 3.8) is 0 Å². The first kappa shape index (κ1) is 23.4. The second-order valence-corrected chi connectivity index (χ2v) is 8.61. The summed E-state index contributed by atoms with van der Waals surface area (Å²) in [5, 5.41) is 4.28. The lowest BCUT2D eigenvalue weighted by Gasteiger charge is -2.31. The molecule has 1 unspecified atom stereocenters. The first-order valence-electron chi connectivity index (χ1n) is 10.7. The zero-order valence-corrected chi connectivity index (χ0v) is 19.2. The fourth-order valence-corrected chi connectivity index (χ4v) is 4.18. The molecule has 5 nitrogen and oxygen atoms in total. The van der Waals surface area contributed by atoms with Gasteiger partial charge in [-0.15, -0.1) is 0 Å². The molecule has 31 heavy (non-hydrogen) atoms. The molecule has 166 valence electrons. The molecule has 1 atom stereocenters. The van der Waals surface area contributed by atoms with Crippen molar-refractivity contribution in [2.75, 3.05) is 6.61 Å². The molecule has 1 fully saturated rings. The number of nitrogens with one attached hydrogen (secondary N) is 1. The summed E-state index contributed by atoms with van der Waals surface area (Å²) in [5.74, 6) is 0.142. The maximum absolute atomic E-state index is 13.2. The van der Waals surface area contributed by atoms with Crippen LogP contribution >= 0.6 is 23.2 Å². The van der Waals surface area contributed by atoms with E-state index in [1.54, 1.807) is 35.2 Å². The first-order valence-corrected chi connectivity index (χ1v) is 11.4. The molecular formula is C24H28Cl2N2O3. The van der Waals surface area contributed by atoms with E-state index in [2.05, 4.69) is 5.32 Å². The first-order chi connectivity index (χ1) is 15.0. The van der Waals surface area contributed by atoms with Crippen LogP contribution in [0, 0.1) is 0 Å². The van der Waals surface area contributed by atoms with E-state index in [0.29, 0.717) is 22.2 Å². The lowest BCUT2D eigenvalue weighted by molar-refractivity contribution is -0.143. The SMILES string of the molecule is CCC(C(=O)NC1CCCC1)N(Cc1ccccc1Cl)C(=O)COc1ccc(Cl)cc1. The van der Waals surface area contributed by atoms with Gasteiger partial charge in [0.25, 0.3) is 5.91 Å². The van der Waals surface area contributed by atoms with Crippen LogP contribution in [0.15, 0.2) is 48.5 Å². The summed E-state index contributed by atoms with van der Waals surface area (Å²) in [4.78, 5) is 27.8. The minimum absolute atomic E-state index is 0.124. The average molecular weight is 463 g/mol. The average Bonchev–Trinajstić information content (AvgIpc) is 3.27. The van der Waals surface area contributed by atoms with E-state index in [4.69, 9.17) is 27.9 Å². The molecule has 0 aromatic heterocycles. The van der Waals surface area contributed by atoms with Crippen molar-refractivity contribution in [1.82, 2.24) is 10.2 Å². The quantitative estimate of drug-likeness (QED) is 0.554. The van der Waals surface area contributed by atoms with Gasteiger partial charge in [0.05, 0.1) is 0 Å². The third-order valence-corrected chi connectivity index (χ3v) is 6.18. The zero-order chi connectivity index (χ0) is 22.2. The molecule has 7 heteroatoms. The summed E-state index contributed by atoms with van der Waals surface area (Å²) in [6.45, 7) is 1.96. The Morgan fingerprint density at radius 2 is 1.77 bits per heavy atom. The number of amides is 2. The molecular weight excluding hydrogens is 435 g/mol. The van der Waals surface area contributed by atoms with Crippen LogP contribution in [0.5, 0.6) is 5.75 Å². The van der Waals surface area contributed by atoms with E-state index in [0.717, 1.165) is 31.2 Å². The highest BCUT2D eigenvalue weighted by atomic mass is 35.5. The summed E-state index contributed by atoms with van der Waals surface area (Å²) in [7, 11) is 0. The van der Waals surface area contributed by atoms with E-state index in [1.165, 1.54) is 0 Å². The van der Waals surface area contributed by atoms with Crippen LogP contribution in [0.2, 0.25) is 10.0 Å². The summed E-state index contributed by atoms with van der Waals surface area (Å²) < 4.78 is 5.67. The number of hydrogen-bond acceptors (Lipinski definition) is 3. The van der Waals surface area contributed by atoms with Gasteiger partial charge in [-0.05, 0) is 55.2 Å².